The van der Waals surface area contributed by atoms with Crippen LogP contribution in [0.3, 0.4) is 0 Å². The smallest absolute Gasteiger partial charge is 0.0178 e. The Morgan fingerprint density at radius 1 is 0.905 bits per heavy atom. The standard InChI is InChI=1S/C21H34/c1-6-8-9-10-11-15-18-21(7-2,20(3,4)5)19-16-13-12-14-17-19/h7,12-14,16-17H,2,6,8-11,15,18H2,1,3-5H3. The van der Waals surface area contributed by atoms with E-state index in [1.165, 1.54) is 50.5 Å². The van der Waals surface area contributed by atoms with Gasteiger partial charge in [0.05, 0.1) is 0 Å². The molecule has 0 spiro atoms. The van der Waals surface area contributed by atoms with Crippen LogP contribution >= 0.6 is 0 Å². The Morgan fingerprint density at radius 2 is 1.48 bits per heavy atom. The topological polar surface area (TPSA) is 0 Å². The van der Waals surface area contributed by atoms with Gasteiger partial charge in [-0.25, -0.2) is 0 Å². The van der Waals surface area contributed by atoms with E-state index in [1.807, 2.05) is 0 Å². The lowest BCUT2D eigenvalue weighted by Crippen LogP contribution is -2.38. The van der Waals surface area contributed by atoms with Gasteiger partial charge in [0.1, 0.15) is 0 Å². The second kappa shape index (κ2) is 8.41. The van der Waals surface area contributed by atoms with E-state index in [4.69, 9.17) is 0 Å². The van der Waals surface area contributed by atoms with Crippen LogP contribution < -0.4 is 0 Å². The van der Waals surface area contributed by atoms with Gasteiger partial charge in [-0.2, -0.15) is 0 Å². The average molecular weight is 287 g/mol. The molecule has 0 N–H and O–H groups in total. The molecule has 0 aromatic heterocycles. The second-order valence-corrected chi connectivity index (χ2v) is 7.31. The van der Waals surface area contributed by atoms with Crippen LogP contribution in [0.15, 0.2) is 43.0 Å². The van der Waals surface area contributed by atoms with E-state index in [0.29, 0.717) is 0 Å². The summed E-state index contributed by atoms with van der Waals surface area (Å²) in [5.74, 6) is 0. The van der Waals surface area contributed by atoms with Crippen molar-refractivity contribution >= 4 is 0 Å². The van der Waals surface area contributed by atoms with Gasteiger partial charge in [-0.15, -0.1) is 6.58 Å². The van der Waals surface area contributed by atoms with Crippen LogP contribution in [-0.2, 0) is 5.41 Å². The van der Waals surface area contributed by atoms with Crippen molar-refractivity contribution in [3.8, 4) is 0 Å². The highest BCUT2D eigenvalue weighted by molar-refractivity contribution is 5.33. The Kier molecular flexibility index (Phi) is 7.22. The second-order valence-electron chi connectivity index (χ2n) is 7.31. The molecule has 0 nitrogen and oxygen atoms in total. The molecule has 0 radical (unpaired) electrons. The molecule has 1 rings (SSSR count). The Morgan fingerprint density at radius 3 is 2.00 bits per heavy atom. The van der Waals surface area contributed by atoms with E-state index in [1.54, 1.807) is 0 Å². The molecule has 0 bridgehead atoms. The molecule has 1 aromatic rings. The molecule has 0 aliphatic carbocycles. The van der Waals surface area contributed by atoms with Crippen molar-refractivity contribution in [3.63, 3.8) is 0 Å². The quantitative estimate of drug-likeness (QED) is 0.342. The highest BCUT2D eigenvalue weighted by Crippen LogP contribution is 2.46. The molecular formula is C21H34. The molecule has 0 fully saturated rings. The number of hydrogen-bond acceptors (Lipinski definition) is 0. The molecule has 0 amide bonds. The van der Waals surface area contributed by atoms with Crippen molar-refractivity contribution in [1.82, 2.24) is 0 Å². The predicted molar refractivity (Wildman–Crippen MR) is 95.8 cm³/mol. The van der Waals surface area contributed by atoms with Gasteiger partial charge in [-0.3, -0.25) is 0 Å². The van der Waals surface area contributed by atoms with Crippen LogP contribution in [0.1, 0.15) is 78.2 Å². The van der Waals surface area contributed by atoms with Crippen molar-refractivity contribution in [1.29, 1.82) is 0 Å². The van der Waals surface area contributed by atoms with Gasteiger partial charge in [-0.05, 0) is 17.4 Å². The summed E-state index contributed by atoms with van der Waals surface area (Å²) in [7, 11) is 0. The van der Waals surface area contributed by atoms with Crippen LogP contribution in [-0.4, -0.2) is 0 Å². The first-order chi connectivity index (χ1) is 9.98. The maximum absolute atomic E-state index is 4.20. The predicted octanol–water partition coefficient (Wildman–Crippen LogP) is 6.91. The van der Waals surface area contributed by atoms with Gasteiger partial charge >= 0.3 is 0 Å². The fourth-order valence-electron chi connectivity index (χ4n) is 3.40. The van der Waals surface area contributed by atoms with E-state index in [0.717, 1.165) is 0 Å². The minimum Gasteiger partial charge on any atom is -0.102 e. The highest BCUT2D eigenvalue weighted by atomic mass is 14.4. The summed E-state index contributed by atoms with van der Waals surface area (Å²) in [5, 5.41) is 0. The minimum atomic E-state index is 0.0824. The van der Waals surface area contributed by atoms with E-state index >= 15 is 0 Å². The highest BCUT2D eigenvalue weighted by Gasteiger charge is 2.39. The van der Waals surface area contributed by atoms with Gasteiger partial charge in [0, 0.05) is 5.41 Å². The fraction of sp³-hybridized carbons (Fsp3) is 0.619. The third-order valence-electron chi connectivity index (χ3n) is 4.90. The summed E-state index contributed by atoms with van der Waals surface area (Å²) in [6.45, 7) is 13.5. The van der Waals surface area contributed by atoms with Gasteiger partial charge in [0.2, 0.25) is 0 Å². The molecule has 0 saturated carbocycles. The Labute approximate surface area is 132 Å². The molecule has 1 unspecified atom stereocenters. The summed E-state index contributed by atoms with van der Waals surface area (Å²) in [6.07, 6.45) is 11.5. The number of unbranched alkanes of at least 4 members (excludes halogenated alkanes) is 5. The summed E-state index contributed by atoms with van der Waals surface area (Å²) < 4.78 is 0. The molecule has 0 aliphatic heterocycles. The Hall–Kier alpha value is -1.04. The van der Waals surface area contributed by atoms with Crippen molar-refractivity contribution in [3.05, 3.63) is 48.6 Å². The lowest BCUT2D eigenvalue weighted by molar-refractivity contribution is 0.216. The summed E-state index contributed by atoms with van der Waals surface area (Å²) in [5.41, 5.74) is 1.69. The van der Waals surface area contributed by atoms with Crippen LogP contribution in [0.5, 0.6) is 0 Å². The molecule has 21 heavy (non-hydrogen) atoms. The zero-order valence-corrected chi connectivity index (χ0v) is 14.6. The Bertz CT molecular complexity index is 396. The number of allylic oxidation sites excluding steroid dienone is 1. The van der Waals surface area contributed by atoms with E-state index in [2.05, 4.69) is 70.7 Å². The van der Waals surface area contributed by atoms with Crippen LogP contribution in [0.25, 0.3) is 0 Å². The normalized spacial score (nSPS) is 14.7. The summed E-state index contributed by atoms with van der Waals surface area (Å²) >= 11 is 0. The van der Waals surface area contributed by atoms with Gasteiger partial charge < -0.3 is 0 Å². The maximum atomic E-state index is 4.20. The molecule has 0 heteroatoms. The zero-order chi connectivity index (χ0) is 15.8. The SMILES string of the molecule is C=CC(CCCCCCCC)(c1ccccc1)C(C)(C)C. The third kappa shape index (κ3) is 4.73. The third-order valence-corrected chi connectivity index (χ3v) is 4.90. The van der Waals surface area contributed by atoms with Crippen molar-refractivity contribution < 1.29 is 0 Å². The van der Waals surface area contributed by atoms with Gasteiger partial charge in [0.25, 0.3) is 0 Å². The maximum Gasteiger partial charge on any atom is 0.0178 e. The zero-order valence-electron chi connectivity index (χ0n) is 14.6. The number of hydrogen-bond donors (Lipinski definition) is 0. The largest absolute Gasteiger partial charge is 0.102 e. The van der Waals surface area contributed by atoms with Crippen LogP contribution in [0.4, 0.5) is 0 Å². The molecular weight excluding hydrogens is 252 g/mol. The molecule has 0 heterocycles. The number of benzene rings is 1. The molecule has 0 saturated heterocycles. The lowest BCUT2D eigenvalue weighted by atomic mass is 9.60. The van der Waals surface area contributed by atoms with Crippen LogP contribution in [0, 0.1) is 5.41 Å². The first-order valence-electron chi connectivity index (χ1n) is 8.67. The first kappa shape index (κ1) is 18.0. The molecule has 0 aliphatic rings. The van der Waals surface area contributed by atoms with Crippen molar-refractivity contribution in [2.24, 2.45) is 5.41 Å². The van der Waals surface area contributed by atoms with E-state index in [9.17, 15) is 0 Å². The van der Waals surface area contributed by atoms with E-state index in [-0.39, 0.29) is 10.8 Å². The van der Waals surface area contributed by atoms with Crippen molar-refractivity contribution in [2.75, 3.05) is 0 Å². The fourth-order valence-corrected chi connectivity index (χ4v) is 3.40. The van der Waals surface area contributed by atoms with Crippen LogP contribution in [0.2, 0.25) is 0 Å². The summed E-state index contributed by atoms with van der Waals surface area (Å²) in [6, 6.07) is 10.9. The van der Waals surface area contributed by atoms with Gasteiger partial charge in [0.15, 0.2) is 0 Å². The van der Waals surface area contributed by atoms with E-state index < -0.39 is 0 Å². The number of rotatable bonds is 9. The van der Waals surface area contributed by atoms with Crippen molar-refractivity contribution in [2.45, 2.75) is 78.1 Å². The van der Waals surface area contributed by atoms with Gasteiger partial charge in [-0.1, -0.05) is 103 Å². The summed E-state index contributed by atoms with van der Waals surface area (Å²) in [4.78, 5) is 0. The minimum absolute atomic E-state index is 0.0824. The lowest BCUT2D eigenvalue weighted by Gasteiger charge is -2.43. The molecule has 1 atom stereocenters. The monoisotopic (exact) mass is 286 g/mol. The molecule has 1 aromatic carbocycles. The average Bonchev–Trinajstić information content (AvgIpc) is 2.46. The Balaban J connectivity index is 2.77. The molecule has 118 valence electrons. The first-order valence-corrected chi connectivity index (χ1v) is 8.67.